The maximum atomic E-state index is 13.6. The summed E-state index contributed by atoms with van der Waals surface area (Å²) in [6, 6.07) is 12.3. The molecule has 2 aromatic carbocycles. The molecular formula is C12H8BrFS. The van der Waals surface area contributed by atoms with Gasteiger partial charge in [-0.05, 0) is 29.8 Å². The topological polar surface area (TPSA) is 0 Å². The van der Waals surface area contributed by atoms with E-state index < -0.39 is 0 Å². The SMILES string of the molecule is Fc1ccc(Br)cc1-c1ccccc1S. The van der Waals surface area contributed by atoms with Crippen LogP contribution in [0.1, 0.15) is 0 Å². The molecule has 3 heteroatoms. The van der Waals surface area contributed by atoms with Crippen LogP contribution in [0.5, 0.6) is 0 Å². The first kappa shape index (κ1) is 10.7. The summed E-state index contributed by atoms with van der Waals surface area (Å²) in [5, 5.41) is 0. The van der Waals surface area contributed by atoms with Crippen molar-refractivity contribution in [2.75, 3.05) is 0 Å². The molecule has 2 aromatic rings. The fourth-order valence-corrected chi connectivity index (χ4v) is 2.05. The van der Waals surface area contributed by atoms with Gasteiger partial charge in [0.25, 0.3) is 0 Å². The molecule has 0 atom stereocenters. The van der Waals surface area contributed by atoms with Crippen LogP contribution in [0.2, 0.25) is 0 Å². The highest BCUT2D eigenvalue weighted by Crippen LogP contribution is 2.30. The minimum Gasteiger partial charge on any atom is -0.206 e. The first-order chi connectivity index (χ1) is 7.18. The van der Waals surface area contributed by atoms with Gasteiger partial charge in [-0.2, -0.15) is 0 Å². The van der Waals surface area contributed by atoms with Crippen LogP contribution in [0.4, 0.5) is 4.39 Å². The van der Waals surface area contributed by atoms with Gasteiger partial charge in [0.2, 0.25) is 0 Å². The molecule has 0 unspecified atom stereocenters. The van der Waals surface area contributed by atoms with Crippen molar-refractivity contribution in [3.05, 3.63) is 52.8 Å². The molecular weight excluding hydrogens is 275 g/mol. The van der Waals surface area contributed by atoms with Gasteiger partial charge in [0.1, 0.15) is 5.82 Å². The van der Waals surface area contributed by atoms with Crippen molar-refractivity contribution in [1.82, 2.24) is 0 Å². The molecule has 0 N–H and O–H groups in total. The summed E-state index contributed by atoms with van der Waals surface area (Å²) < 4.78 is 14.4. The van der Waals surface area contributed by atoms with Gasteiger partial charge in [0.15, 0.2) is 0 Å². The lowest BCUT2D eigenvalue weighted by Gasteiger charge is -2.06. The van der Waals surface area contributed by atoms with Crippen LogP contribution in [0, 0.1) is 5.82 Å². The zero-order chi connectivity index (χ0) is 10.8. The Bertz CT molecular complexity index is 497. The molecule has 2 rings (SSSR count). The molecule has 0 amide bonds. The second-order valence-electron chi connectivity index (χ2n) is 3.14. The fourth-order valence-electron chi connectivity index (χ4n) is 1.41. The zero-order valence-corrected chi connectivity index (χ0v) is 10.2. The van der Waals surface area contributed by atoms with Crippen LogP contribution in [0.25, 0.3) is 11.1 Å². The van der Waals surface area contributed by atoms with E-state index in [1.807, 2.05) is 24.3 Å². The maximum Gasteiger partial charge on any atom is 0.131 e. The van der Waals surface area contributed by atoms with Gasteiger partial charge >= 0.3 is 0 Å². The van der Waals surface area contributed by atoms with Crippen molar-refractivity contribution < 1.29 is 4.39 Å². The lowest BCUT2D eigenvalue weighted by atomic mass is 10.1. The summed E-state index contributed by atoms with van der Waals surface area (Å²) in [5.74, 6) is -0.236. The standard InChI is InChI=1S/C12H8BrFS/c13-8-5-6-11(14)10(7-8)9-3-1-2-4-12(9)15/h1-7,15H. The van der Waals surface area contributed by atoms with Crippen molar-refractivity contribution in [3.8, 4) is 11.1 Å². The van der Waals surface area contributed by atoms with E-state index in [-0.39, 0.29) is 5.82 Å². The van der Waals surface area contributed by atoms with E-state index in [1.54, 1.807) is 12.1 Å². The van der Waals surface area contributed by atoms with Gasteiger partial charge in [-0.25, -0.2) is 4.39 Å². The Balaban J connectivity index is 2.64. The summed E-state index contributed by atoms with van der Waals surface area (Å²) >= 11 is 7.64. The first-order valence-electron chi connectivity index (χ1n) is 4.42. The molecule has 0 aromatic heterocycles. The van der Waals surface area contributed by atoms with E-state index in [0.717, 1.165) is 14.9 Å². The highest BCUT2D eigenvalue weighted by molar-refractivity contribution is 9.10. The second kappa shape index (κ2) is 4.37. The van der Waals surface area contributed by atoms with E-state index in [1.165, 1.54) is 6.07 Å². The van der Waals surface area contributed by atoms with Crippen molar-refractivity contribution in [1.29, 1.82) is 0 Å². The number of hydrogen-bond donors (Lipinski definition) is 1. The molecule has 0 saturated carbocycles. The Morgan fingerprint density at radius 1 is 1.00 bits per heavy atom. The van der Waals surface area contributed by atoms with Crippen LogP contribution in [0.3, 0.4) is 0 Å². The van der Waals surface area contributed by atoms with Crippen molar-refractivity contribution in [3.63, 3.8) is 0 Å². The van der Waals surface area contributed by atoms with Crippen LogP contribution in [0.15, 0.2) is 51.8 Å². The van der Waals surface area contributed by atoms with Gasteiger partial charge < -0.3 is 0 Å². The summed E-state index contributed by atoms with van der Waals surface area (Å²) in [6.07, 6.45) is 0. The number of thiol groups is 1. The monoisotopic (exact) mass is 282 g/mol. The molecule has 0 spiro atoms. The molecule has 0 aliphatic heterocycles. The molecule has 0 heterocycles. The third kappa shape index (κ3) is 2.24. The summed E-state index contributed by atoms with van der Waals surface area (Å²) in [5.41, 5.74) is 1.37. The molecule has 15 heavy (non-hydrogen) atoms. The molecule has 0 radical (unpaired) electrons. The molecule has 0 aliphatic carbocycles. The normalized spacial score (nSPS) is 10.3. The highest BCUT2D eigenvalue weighted by Gasteiger charge is 2.07. The van der Waals surface area contributed by atoms with E-state index >= 15 is 0 Å². The number of hydrogen-bond acceptors (Lipinski definition) is 1. The van der Waals surface area contributed by atoms with Gasteiger partial charge in [-0.15, -0.1) is 12.6 Å². The van der Waals surface area contributed by atoms with Gasteiger partial charge in [-0.3, -0.25) is 0 Å². The number of benzene rings is 2. The van der Waals surface area contributed by atoms with Crippen molar-refractivity contribution in [2.24, 2.45) is 0 Å². The quantitative estimate of drug-likeness (QED) is 0.730. The van der Waals surface area contributed by atoms with Crippen molar-refractivity contribution >= 4 is 28.6 Å². The van der Waals surface area contributed by atoms with Crippen molar-refractivity contribution in [2.45, 2.75) is 4.90 Å². The predicted octanol–water partition coefficient (Wildman–Crippen LogP) is 4.54. The third-order valence-electron chi connectivity index (χ3n) is 2.12. The van der Waals surface area contributed by atoms with Crippen LogP contribution >= 0.6 is 28.6 Å². The smallest absolute Gasteiger partial charge is 0.131 e. The Morgan fingerprint density at radius 3 is 2.47 bits per heavy atom. The van der Waals surface area contributed by atoms with Gasteiger partial charge in [0.05, 0.1) is 0 Å². The number of rotatable bonds is 1. The van der Waals surface area contributed by atoms with E-state index in [9.17, 15) is 4.39 Å². The minimum atomic E-state index is -0.236. The minimum absolute atomic E-state index is 0.236. The lowest BCUT2D eigenvalue weighted by molar-refractivity contribution is 0.630. The molecule has 0 bridgehead atoms. The third-order valence-corrected chi connectivity index (χ3v) is 3.01. The Labute approximate surface area is 102 Å². The Kier molecular flexibility index (Phi) is 3.12. The summed E-state index contributed by atoms with van der Waals surface area (Å²) in [7, 11) is 0. The van der Waals surface area contributed by atoms with E-state index in [4.69, 9.17) is 0 Å². The molecule has 0 fully saturated rings. The highest BCUT2D eigenvalue weighted by atomic mass is 79.9. The van der Waals surface area contributed by atoms with Gasteiger partial charge in [-0.1, -0.05) is 34.1 Å². The van der Waals surface area contributed by atoms with Gasteiger partial charge in [0, 0.05) is 14.9 Å². The largest absolute Gasteiger partial charge is 0.206 e. The van der Waals surface area contributed by atoms with Crippen LogP contribution in [-0.4, -0.2) is 0 Å². The average molecular weight is 283 g/mol. The zero-order valence-electron chi connectivity index (χ0n) is 7.74. The Morgan fingerprint density at radius 2 is 1.73 bits per heavy atom. The average Bonchev–Trinajstić information content (AvgIpc) is 2.23. The predicted molar refractivity (Wildman–Crippen MR) is 66.8 cm³/mol. The van der Waals surface area contributed by atoms with E-state index in [0.29, 0.717) is 5.56 Å². The molecule has 76 valence electrons. The number of halogens is 2. The molecule has 0 aliphatic rings. The first-order valence-corrected chi connectivity index (χ1v) is 5.66. The summed E-state index contributed by atoms with van der Waals surface area (Å²) in [4.78, 5) is 0.773. The van der Waals surface area contributed by atoms with Crippen LogP contribution < -0.4 is 0 Å². The maximum absolute atomic E-state index is 13.6. The Hall–Kier alpha value is -0.800. The lowest BCUT2D eigenvalue weighted by Crippen LogP contribution is -1.85. The second-order valence-corrected chi connectivity index (χ2v) is 4.54. The molecule has 0 nitrogen and oxygen atoms in total. The molecule has 0 saturated heterocycles. The van der Waals surface area contributed by atoms with Crippen LogP contribution in [-0.2, 0) is 0 Å². The fraction of sp³-hybridized carbons (Fsp3) is 0. The summed E-state index contributed by atoms with van der Waals surface area (Å²) in [6.45, 7) is 0. The van der Waals surface area contributed by atoms with E-state index in [2.05, 4.69) is 28.6 Å².